The molecule has 0 amide bonds. The molecule has 17 heavy (non-hydrogen) atoms. The Balaban J connectivity index is 1.83. The number of rotatable bonds is 6. The zero-order valence-corrected chi connectivity index (χ0v) is 10.3. The van der Waals surface area contributed by atoms with Gasteiger partial charge in [0.15, 0.2) is 0 Å². The third-order valence-electron chi connectivity index (χ3n) is 2.50. The molecule has 0 saturated heterocycles. The molecule has 2 heterocycles. The highest BCUT2D eigenvalue weighted by molar-refractivity contribution is 5.03. The molecule has 0 aromatic carbocycles. The van der Waals surface area contributed by atoms with Crippen molar-refractivity contribution in [1.29, 1.82) is 0 Å². The average Bonchev–Trinajstić information content (AvgIpc) is 2.90. The molecule has 0 radical (unpaired) electrons. The van der Waals surface area contributed by atoms with Gasteiger partial charge in [0.2, 0.25) is 0 Å². The fourth-order valence-corrected chi connectivity index (χ4v) is 1.71. The van der Waals surface area contributed by atoms with Crippen LogP contribution in [0.3, 0.4) is 0 Å². The van der Waals surface area contributed by atoms with E-state index in [9.17, 15) is 0 Å². The van der Waals surface area contributed by atoms with Crippen LogP contribution < -0.4 is 5.32 Å². The standard InChI is InChI=1S/C11H18N6/c1-3-4-17-11(13-9-15-17)7-12-5-10-6-14-16(2)8-10/h6,8-9,12H,3-5,7H2,1-2H3. The second-order valence-corrected chi connectivity index (χ2v) is 4.03. The number of hydrogen-bond donors (Lipinski definition) is 1. The minimum atomic E-state index is 0.731. The van der Waals surface area contributed by atoms with E-state index in [4.69, 9.17) is 0 Å². The van der Waals surface area contributed by atoms with Crippen LogP contribution >= 0.6 is 0 Å². The van der Waals surface area contributed by atoms with E-state index in [1.807, 2.05) is 24.1 Å². The fraction of sp³-hybridized carbons (Fsp3) is 0.545. The predicted molar refractivity (Wildman–Crippen MR) is 64.1 cm³/mol. The molecule has 0 fully saturated rings. The summed E-state index contributed by atoms with van der Waals surface area (Å²) in [6.07, 6.45) is 6.54. The lowest BCUT2D eigenvalue weighted by Crippen LogP contribution is -2.17. The Hall–Kier alpha value is -1.69. The van der Waals surface area contributed by atoms with E-state index in [2.05, 4.69) is 27.4 Å². The van der Waals surface area contributed by atoms with Crippen LogP contribution in [0.25, 0.3) is 0 Å². The topological polar surface area (TPSA) is 60.6 Å². The lowest BCUT2D eigenvalue weighted by atomic mass is 10.3. The van der Waals surface area contributed by atoms with Gasteiger partial charge < -0.3 is 5.32 Å². The Kier molecular flexibility index (Phi) is 3.87. The van der Waals surface area contributed by atoms with Crippen LogP contribution in [0.1, 0.15) is 24.7 Å². The van der Waals surface area contributed by atoms with Crippen LogP contribution in [-0.4, -0.2) is 24.5 Å². The highest BCUT2D eigenvalue weighted by Crippen LogP contribution is 1.98. The largest absolute Gasteiger partial charge is 0.306 e. The van der Waals surface area contributed by atoms with Gasteiger partial charge in [0.1, 0.15) is 12.2 Å². The molecule has 6 nitrogen and oxygen atoms in total. The van der Waals surface area contributed by atoms with Gasteiger partial charge in [-0.3, -0.25) is 4.68 Å². The van der Waals surface area contributed by atoms with Gasteiger partial charge in [0.05, 0.1) is 12.7 Å². The second kappa shape index (κ2) is 5.58. The molecule has 0 aliphatic rings. The summed E-state index contributed by atoms with van der Waals surface area (Å²) in [5.41, 5.74) is 1.18. The molecule has 0 aliphatic carbocycles. The van der Waals surface area contributed by atoms with Crippen LogP contribution in [0.5, 0.6) is 0 Å². The van der Waals surface area contributed by atoms with Crippen molar-refractivity contribution in [3.63, 3.8) is 0 Å². The van der Waals surface area contributed by atoms with Crippen molar-refractivity contribution in [2.24, 2.45) is 7.05 Å². The van der Waals surface area contributed by atoms with Gasteiger partial charge in [0, 0.05) is 31.9 Å². The monoisotopic (exact) mass is 234 g/mol. The zero-order chi connectivity index (χ0) is 12.1. The number of aryl methyl sites for hydroxylation is 2. The van der Waals surface area contributed by atoms with Crippen molar-refractivity contribution in [2.75, 3.05) is 0 Å². The Labute approximate surface area is 101 Å². The summed E-state index contributed by atoms with van der Waals surface area (Å²) in [6, 6.07) is 0. The van der Waals surface area contributed by atoms with E-state index < -0.39 is 0 Å². The maximum Gasteiger partial charge on any atom is 0.140 e. The highest BCUT2D eigenvalue weighted by atomic mass is 15.3. The zero-order valence-electron chi connectivity index (χ0n) is 10.3. The van der Waals surface area contributed by atoms with Crippen molar-refractivity contribution < 1.29 is 0 Å². The summed E-state index contributed by atoms with van der Waals surface area (Å²) in [7, 11) is 1.92. The first-order valence-corrected chi connectivity index (χ1v) is 5.84. The molecule has 1 N–H and O–H groups in total. The van der Waals surface area contributed by atoms with Gasteiger partial charge in [-0.05, 0) is 6.42 Å². The first-order chi connectivity index (χ1) is 8.29. The van der Waals surface area contributed by atoms with Crippen LogP contribution in [0.2, 0.25) is 0 Å². The molecule has 2 rings (SSSR count). The van der Waals surface area contributed by atoms with E-state index in [1.54, 1.807) is 11.0 Å². The van der Waals surface area contributed by atoms with E-state index in [0.717, 1.165) is 31.9 Å². The summed E-state index contributed by atoms with van der Waals surface area (Å²) < 4.78 is 3.74. The second-order valence-electron chi connectivity index (χ2n) is 4.03. The van der Waals surface area contributed by atoms with Crippen LogP contribution in [-0.2, 0) is 26.7 Å². The van der Waals surface area contributed by atoms with Crippen LogP contribution in [0.4, 0.5) is 0 Å². The van der Waals surface area contributed by atoms with Crippen molar-refractivity contribution >= 4 is 0 Å². The van der Waals surface area contributed by atoms with Gasteiger partial charge >= 0.3 is 0 Å². The van der Waals surface area contributed by atoms with E-state index in [0.29, 0.717) is 0 Å². The first kappa shape index (κ1) is 11.8. The normalized spacial score (nSPS) is 10.9. The lowest BCUT2D eigenvalue weighted by Gasteiger charge is -2.05. The summed E-state index contributed by atoms with van der Waals surface area (Å²) in [5, 5.41) is 11.6. The molecular weight excluding hydrogens is 216 g/mol. The Bertz CT molecular complexity index is 458. The molecule has 6 heteroatoms. The number of aromatic nitrogens is 5. The summed E-state index contributed by atoms with van der Waals surface area (Å²) in [5.74, 6) is 0.982. The maximum absolute atomic E-state index is 4.24. The predicted octanol–water partition coefficient (Wildman–Crippen LogP) is 0.711. The number of nitrogens with zero attached hydrogens (tertiary/aromatic N) is 5. The minimum absolute atomic E-state index is 0.731. The molecule has 0 saturated carbocycles. The fourth-order valence-electron chi connectivity index (χ4n) is 1.71. The van der Waals surface area contributed by atoms with E-state index in [-0.39, 0.29) is 0 Å². The van der Waals surface area contributed by atoms with Gasteiger partial charge in [-0.15, -0.1) is 0 Å². The minimum Gasteiger partial charge on any atom is -0.306 e. The van der Waals surface area contributed by atoms with Gasteiger partial charge in [-0.2, -0.15) is 10.2 Å². The van der Waals surface area contributed by atoms with Gasteiger partial charge in [0.25, 0.3) is 0 Å². The Morgan fingerprint density at radius 1 is 1.29 bits per heavy atom. The quantitative estimate of drug-likeness (QED) is 0.799. The van der Waals surface area contributed by atoms with Crippen LogP contribution in [0, 0.1) is 0 Å². The van der Waals surface area contributed by atoms with E-state index in [1.165, 1.54) is 5.56 Å². The van der Waals surface area contributed by atoms with E-state index >= 15 is 0 Å². The third-order valence-corrected chi connectivity index (χ3v) is 2.50. The van der Waals surface area contributed by atoms with Crippen molar-refractivity contribution in [3.05, 3.63) is 30.1 Å². The molecule has 0 bridgehead atoms. The SMILES string of the molecule is CCCn1ncnc1CNCc1cnn(C)c1. The molecule has 0 spiro atoms. The average molecular weight is 234 g/mol. The van der Waals surface area contributed by atoms with Gasteiger partial charge in [-0.1, -0.05) is 6.92 Å². The molecule has 0 unspecified atom stereocenters. The highest BCUT2D eigenvalue weighted by Gasteiger charge is 2.03. The molecular formula is C11H18N6. The Morgan fingerprint density at radius 2 is 2.18 bits per heavy atom. The maximum atomic E-state index is 4.24. The summed E-state index contributed by atoms with van der Waals surface area (Å²) in [6.45, 7) is 4.58. The third kappa shape index (κ3) is 3.13. The number of nitrogens with one attached hydrogen (secondary N) is 1. The summed E-state index contributed by atoms with van der Waals surface area (Å²) in [4.78, 5) is 4.24. The van der Waals surface area contributed by atoms with Gasteiger partial charge in [-0.25, -0.2) is 9.67 Å². The molecule has 2 aromatic rings. The molecule has 0 atom stereocenters. The molecule has 0 aliphatic heterocycles. The first-order valence-electron chi connectivity index (χ1n) is 5.84. The van der Waals surface area contributed by atoms with Crippen molar-refractivity contribution in [3.8, 4) is 0 Å². The lowest BCUT2D eigenvalue weighted by molar-refractivity contribution is 0.542. The smallest absolute Gasteiger partial charge is 0.140 e. The number of hydrogen-bond acceptors (Lipinski definition) is 4. The van der Waals surface area contributed by atoms with Crippen molar-refractivity contribution in [2.45, 2.75) is 33.0 Å². The van der Waals surface area contributed by atoms with Crippen molar-refractivity contribution in [1.82, 2.24) is 29.9 Å². The van der Waals surface area contributed by atoms with Crippen LogP contribution in [0.15, 0.2) is 18.7 Å². The Morgan fingerprint density at radius 3 is 2.88 bits per heavy atom. The summed E-state index contributed by atoms with van der Waals surface area (Å²) >= 11 is 0. The molecule has 2 aromatic heterocycles. The molecule has 92 valence electrons.